The maximum absolute atomic E-state index is 10.9. The number of carboxylic acids is 1. The first-order chi connectivity index (χ1) is 19.2. The van der Waals surface area contributed by atoms with Gasteiger partial charge in [0.2, 0.25) is 0 Å². The van der Waals surface area contributed by atoms with E-state index in [1.54, 1.807) is 12.2 Å². The third-order valence-corrected chi connectivity index (χ3v) is 6.20. The zero-order valence-corrected chi connectivity index (χ0v) is 21.0. The second kappa shape index (κ2) is 11.7. The molecular weight excluding hydrogens is 484 g/mol. The van der Waals surface area contributed by atoms with E-state index in [9.17, 15) is 4.79 Å². The van der Waals surface area contributed by atoms with Crippen molar-refractivity contribution in [2.24, 2.45) is 9.98 Å². The molecule has 1 N–H and O–H groups in total. The van der Waals surface area contributed by atoms with Crippen LogP contribution in [0.2, 0.25) is 0 Å². The fraction of sp³-hybridized carbons (Fsp3) is 0.0303. The van der Waals surface area contributed by atoms with Crippen molar-refractivity contribution in [1.29, 1.82) is 0 Å². The lowest BCUT2D eigenvalue weighted by Gasteiger charge is -2.25. The Kier molecular flexibility index (Phi) is 7.52. The maximum Gasteiger partial charge on any atom is 0.333 e. The Morgan fingerprint density at radius 3 is 2.00 bits per heavy atom. The Balaban J connectivity index is 1.43. The number of benzene rings is 4. The lowest BCUT2D eigenvalue weighted by Crippen LogP contribution is -2.26. The Hall–Kier alpha value is -5.54. The number of fused-ring (bicyclic) bond motifs is 1. The van der Waals surface area contributed by atoms with Crippen molar-refractivity contribution in [1.82, 2.24) is 0 Å². The predicted octanol–water partition coefficient (Wildman–Crippen LogP) is 6.49. The molecule has 0 saturated carbocycles. The lowest BCUT2D eigenvalue weighted by atomic mass is 10.0. The topological polar surface area (TPSA) is 69.6 Å². The standard InChI is InChI=1S/C33H24N4O2/c1-34-30(33(38)39)16-10-2-5-11-25-19-22-29(32-31(25)35-23-36-32)24-17-20-28(21-18-24)37(26-12-6-3-7-13-26)27-14-8-4-9-15-27/h2-22H,23H2,(H,38,39)/b10-2+,11-5+,30-16-. The normalized spacial score (nSPS) is 12.5. The molecule has 0 saturated heterocycles. The van der Waals surface area contributed by atoms with Crippen molar-refractivity contribution in [2.75, 3.05) is 11.6 Å². The number of anilines is 3. The van der Waals surface area contributed by atoms with Crippen LogP contribution in [0.3, 0.4) is 0 Å². The molecule has 0 amide bonds. The summed E-state index contributed by atoms with van der Waals surface area (Å²) in [6.07, 6.45) is 8.18. The van der Waals surface area contributed by atoms with Crippen LogP contribution in [0.5, 0.6) is 0 Å². The van der Waals surface area contributed by atoms with Crippen molar-refractivity contribution < 1.29 is 9.90 Å². The third-order valence-electron chi connectivity index (χ3n) is 6.20. The highest BCUT2D eigenvalue weighted by atomic mass is 16.4. The number of carbonyl (C=O) groups is 1. The van der Waals surface area contributed by atoms with Gasteiger partial charge in [-0.3, -0.25) is 14.8 Å². The molecule has 0 spiro atoms. The molecule has 4 aromatic carbocycles. The molecular formula is C33H24N4O2. The highest BCUT2D eigenvalue weighted by Gasteiger charge is 2.13. The van der Waals surface area contributed by atoms with E-state index in [1.807, 2.05) is 48.5 Å². The first-order valence-corrected chi connectivity index (χ1v) is 12.3. The van der Waals surface area contributed by atoms with Crippen molar-refractivity contribution >= 4 is 29.1 Å². The Bertz CT molecular complexity index is 1710. The zero-order chi connectivity index (χ0) is 27.0. The maximum atomic E-state index is 10.9. The Morgan fingerprint density at radius 1 is 0.769 bits per heavy atom. The summed E-state index contributed by atoms with van der Waals surface area (Å²) in [5, 5.41) is 10.6. The summed E-state index contributed by atoms with van der Waals surface area (Å²) in [6.45, 7) is 7.27. The first kappa shape index (κ1) is 25.1. The lowest BCUT2D eigenvalue weighted by molar-refractivity contribution is -0.132. The molecule has 1 aliphatic rings. The molecule has 6 nitrogen and oxygen atoms in total. The van der Waals surface area contributed by atoms with Gasteiger partial charge in [-0.05, 0) is 48.0 Å². The summed E-state index contributed by atoms with van der Waals surface area (Å²) >= 11 is 0. The van der Waals surface area contributed by atoms with Gasteiger partial charge in [-0.25, -0.2) is 4.85 Å². The van der Waals surface area contributed by atoms with E-state index < -0.39 is 5.97 Å². The number of aliphatic carboxylic acids is 1. The van der Waals surface area contributed by atoms with Gasteiger partial charge in [0.1, 0.15) is 6.67 Å². The van der Waals surface area contributed by atoms with Crippen molar-refractivity contribution in [2.45, 2.75) is 0 Å². The van der Waals surface area contributed by atoms with E-state index in [4.69, 9.17) is 11.7 Å². The van der Waals surface area contributed by atoms with Gasteiger partial charge in [-0.1, -0.05) is 85.0 Å². The number of para-hydroxylation sites is 2. The van der Waals surface area contributed by atoms with Gasteiger partial charge in [0.15, 0.2) is 0 Å². The number of rotatable bonds is 8. The van der Waals surface area contributed by atoms with Crippen LogP contribution in [0.1, 0.15) is 5.56 Å². The third kappa shape index (κ3) is 5.58. The van der Waals surface area contributed by atoms with Crippen LogP contribution in [0, 0.1) is 6.57 Å². The van der Waals surface area contributed by atoms with Crippen LogP contribution >= 0.6 is 0 Å². The van der Waals surface area contributed by atoms with Gasteiger partial charge in [0, 0.05) is 28.2 Å². The van der Waals surface area contributed by atoms with Gasteiger partial charge in [0.25, 0.3) is 5.70 Å². The molecule has 0 unspecified atom stereocenters. The smallest absolute Gasteiger partial charge is 0.333 e. The van der Waals surface area contributed by atoms with E-state index in [2.05, 4.69) is 74.3 Å². The predicted molar refractivity (Wildman–Crippen MR) is 154 cm³/mol. The minimum atomic E-state index is -1.24. The number of allylic oxidation sites excluding steroid dienone is 4. The van der Waals surface area contributed by atoms with E-state index in [0.29, 0.717) is 6.67 Å². The van der Waals surface area contributed by atoms with Crippen LogP contribution in [0.4, 0.5) is 17.1 Å². The van der Waals surface area contributed by atoms with Gasteiger partial charge in [-0.2, -0.15) is 0 Å². The molecule has 1 aliphatic heterocycles. The minimum Gasteiger partial charge on any atom is -0.486 e. The summed E-state index contributed by atoms with van der Waals surface area (Å²) in [7, 11) is 0. The molecule has 0 atom stereocenters. The Morgan fingerprint density at radius 2 is 1.38 bits per heavy atom. The highest BCUT2D eigenvalue weighted by molar-refractivity contribution is 5.89. The fourth-order valence-corrected chi connectivity index (χ4v) is 4.38. The number of hydrogen-bond donors (Lipinski definition) is 1. The molecule has 0 bridgehead atoms. The van der Waals surface area contributed by atoms with Crippen LogP contribution < -0.4 is 15.6 Å². The molecule has 4 aromatic rings. The first-order valence-electron chi connectivity index (χ1n) is 12.3. The van der Waals surface area contributed by atoms with Gasteiger partial charge >= 0.3 is 5.97 Å². The molecule has 5 rings (SSSR count). The average molecular weight is 509 g/mol. The summed E-state index contributed by atoms with van der Waals surface area (Å²) in [4.78, 5) is 25.4. The van der Waals surface area contributed by atoms with Gasteiger partial charge in [0.05, 0.1) is 17.3 Å². The van der Waals surface area contributed by atoms with Crippen LogP contribution in [-0.2, 0) is 4.79 Å². The molecule has 1 heterocycles. The summed E-state index contributed by atoms with van der Waals surface area (Å²) < 4.78 is 0. The largest absolute Gasteiger partial charge is 0.486 e. The van der Waals surface area contributed by atoms with E-state index in [-0.39, 0.29) is 5.70 Å². The monoisotopic (exact) mass is 508 g/mol. The molecule has 188 valence electrons. The van der Waals surface area contributed by atoms with Crippen LogP contribution in [0.15, 0.2) is 137 Å². The second-order valence-corrected chi connectivity index (χ2v) is 8.62. The number of nitrogens with zero attached hydrogens (tertiary/aromatic N) is 4. The van der Waals surface area contributed by atoms with Crippen molar-refractivity contribution in [3.05, 3.63) is 155 Å². The van der Waals surface area contributed by atoms with Crippen molar-refractivity contribution in [3.63, 3.8) is 0 Å². The summed E-state index contributed by atoms with van der Waals surface area (Å²) in [5.74, 6) is -1.24. The minimum absolute atomic E-state index is 0.333. The van der Waals surface area contributed by atoms with E-state index >= 15 is 0 Å². The number of carboxylic acid groups (broad SMARTS) is 1. The fourth-order valence-electron chi connectivity index (χ4n) is 4.38. The van der Waals surface area contributed by atoms with Gasteiger partial charge in [-0.15, -0.1) is 0 Å². The van der Waals surface area contributed by atoms with Gasteiger partial charge < -0.3 is 10.0 Å². The second-order valence-electron chi connectivity index (χ2n) is 8.62. The number of hydrogen-bond acceptors (Lipinski definition) is 4. The highest BCUT2D eigenvalue weighted by Crippen LogP contribution is 2.34. The quantitative estimate of drug-likeness (QED) is 0.168. The molecule has 0 aromatic heterocycles. The average Bonchev–Trinajstić information content (AvgIpc) is 3.47. The van der Waals surface area contributed by atoms with Crippen LogP contribution in [0.25, 0.3) is 22.0 Å². The Labute approximate surface area is 226 Å². The van der Waals surface area contributed by atoms with E-state index in [1.165, 1.54) is 12.2 Å². The van der Waals surface area contributed by atoms with Crippen molar-refractivity contribution in [3.8, 4) is 11.1 Å². The molecule has 0 radical (unpaired) electrons. The van der Waals surface area contributed by atoms with E-state index in [0.717, 1.165) is 44.5 Å². The SMILES string of the molecule is [C-]#[N+]\C(=C/C=C/C=C/c1ccc(-c2ccc(N(c3ccccc3)c3ccccc3)cc2)c2c1=NCN=2)C(=O)O. The molecule has 0 fully saturated rings. The molecule has 39 heavy (non-hydrogen) atoms. The summed E-state index contributed by atoms with van der Waals surface area (Å²) in [5.41, 5.74) is 5.88. The van der Waals surface area contributed by atoms with Crippen LogP contribution in [-0.4, -0.2) is 17.7 Å². The zero-order valence-electron chi connectivity index (χ0n) is 21.0. The summed E-state index contributed by atoms with van der Waals surface area (Å²) in [6, 6.07) is 33.1. The molecule has 0 aliphatic carbocycles. The molecule has 6 heteroatoms.